The molecule has 1 N–H and O–H groups in total. The highest BCUT2D eigenvalue weighted by atomic mass is 16.5. The highest BCUT2D eigenvalue weighted by molar-refractivity contribution is 5.71. The first-order valence-corrected chi connectivity index (χ1v) is 5.41. The minimum atomic E-state index is -0.212. The molecule has 0 heterocycles. The molecule has 3 unspecified atom stereocenters. The van der Waals surface area contributed by atoms with E-state index in [1.54, 1.807) is 0 Å². The van der Waals surface area contributed by atoms with E-state index in [0.717, 1.165) is 25.7 Å². The monoisotopic (exact) mass is 200 g/mol. The third kappa shape index (κ3) is 2.98. The van der Waals surface area contributed by atoms with Crippen molar-refractivity contribution in [3.8, 4) is 0 Å². The van der Waals surface area contributed by atoms with Crippen LogP contribution in [0.25, 0.3) is 0 Å². The Morgan fingerprint density at radius 1 is 1.50 bits per heavy atom. The molecular formula is C11H20O3. The largest absolute Gasteiger partial charge is 0.469 e. The minimum Gasteiger partial charge on any atom is -0.469 e. The average molecular weight is 200 g/mol. The van der Waals surface area contributed by atoms with Gasteiger partial charge in [-0.15, -0.1) is 0 Å². The van der Waals surface area contributed by atoms with Crippen LogP contribution in [0.4, 0.5) is 0 Å². The zero-order valence-corrected chi connectivity index (χ0v) is 9.03. The second kappa shape index (κ2) is 5.35. The van der Waals surface area contributed by atoms with Crippen LogP contribution in [0.1, 0.15) is 39.0 Å². The molecule has 0 aromatic carbocycles. The lowest BCUT2D eigenvalue weighted by Crippen LogP contribution is -2.28. The van der Waals surface area contributed by atoms with Crippen LogP contribution in [-0.4, -0.2) is 24.3 Å². The van der Waals surface area contributed by atoms with Crippen molar-refractivity contribution in [2.24, 2.45) is 11.8 Å². The number of aliphatic hydroxyl groups excluding tert-OH is 1. The maximum absolute atomic E-state index is 11.2. The molecule has 3 atom stereocenters. The Labute approximate surface area is 85.5 Å². The normalized spacial score (nSPS) is 29.6. The Bertz CT molecular complexity index is 191. The van der Waals surface area contributed by atoms with E-state index < -0.39 is 0 Å². The molecule has 1 aliphatic rings. The summed E-state index contributed by atoms with van der Waals surface area (Å²) in [4.78, 5) is 11.2. The van der Waals surface area contributed by atoms with Crippen molar-refractivity contribution < 1.29 is 14.6 Å². The van der Waals surface area contributed by atoms with Crippen molar-refractivity contribution in [2.45, 2.75) is 45.1 Å². The lowest BCUT2D eigenvalue weighted by atomic mass is 9.81. The molecule has 3 nitrogen and oxygen atoms in total. The fourth-order valence-electron chi connectivity index (χ4n) is 2.21. The minimum absolute atomic E-state index is 0.0854. The van der Waals surface area contributed by atoms with Gasteiger partial charge in [-0.1, -0.05) is 19.8 Å². The van der Waals surface area contributed by atoms with Gasteiger partial charge in [0, 0.05) is 0 Å². The molecule has 0 aromatic heterocycles. The number of hydrogen-bond donors (Lipinski definition) is 1. The van der Waals surface area contributed by atoms with Crippen LogP contribution in [-0.2, 0) is 9.53 Å². The van der Waals surface area contributed by atoms with Gasteiger partial charge in [0.15, 0.2) is 0 Å². The molecular weight excluding hydrogens is 180 g/mol. The maximum Gasteiger partial charge on any atom is 0.308 e. The van der Waals surface area contributed by atoms with Gasteiger partial charge in [0.1, 0.15) is 0 Å². The Hall–Kier alpha value is -0.570. The molecule has 1 rings (SSSR count). The summed E-state index contributed by atoms with van der Waals surface area (Å²) < 4.78 is 4.67. The van der Waals surface area contributed by atoms with E-state index in [0.29, 0.717) is 0 Å². The summed E-state index contributed by atoms with van der Waals surface area (Å²) in [5.41, 5.74) is 0. The van der Waals surface area contributed by atoms with Crippen LogP contribution in [0.3, 0.4) is 0 Å². The van der Waals surface area contributed by atoms with E-state index in [1.165, 1.54) is 13.5 Å². The van der Waals surface area contributed by atoms with Crippen molar-refractivity contribution in [1.82, 2.24) is 0 Å². The third-order valence-corrected chi connectivity index (χ3v) is 3.13. The van der Waals surface area contributed by atoms with Crippen molar-refractivity contribution in [3.05, 3.63) is 0 Å². The van der Waals surface area contributed by atoms with E-state index in [9.17, 15) is 9.90 Å². The van der Waals surface area contributed by atoms with Crippen molar-refractivity contribution in [2.75, 3.05) is 7.11 Å². The van der Waals surface area contributed by atoms with E-state index in [4.69, 9.17) is 0 Å². The van der Waals surface area contributed by atoms with Crippen LogP contribution in [0.2, 0.25) is 0 Å². The molecule has 1 saturated carbocycles. The smallest absolute Gasteiger partial charge is 0.308 e. The summed E-state index contributed by atoms with van der Waals surface area (Å²) in [5.74, 6) is 0.0402. The highest BCUT2D eigenvalue weighted by Gasteiger charge is 2.27. The van der Waals surface area contributed by atoms with Gasteiger partial charge in [-0.2, -0.15) is 0 Å². The molecule has 0 radical (unpaired) electrons. The van der Waals surface area contributed by atoms with Gasteiger partial charge < -0.3 is 9.84 Å². The predicted octanol–water partition coefficient (Wildman–Crippen LogP) is 1.74. The van der Waals surface area contributed by atoms with Gasteiger partial charge in [0.05, 0.1) is 19.1 Å². The first-order valence-electron chi connectivity index (χ1n) is 5.41. The Balaban J connectivity index is 2.38. The lowest BCUT2D eigenvalue weighted by Gasteiger charge is -2.28. The summed E-state index contributed by atoms with van der Waals surface area (Å²) >= 11 is 0. The Kier molecular flexibility index (Phi) is 4.39. The van der Waals surface area contributed by atoms with Gasteiger partial charge in [-0.25, -0.2) is 0 Å². The third-order valence-electron chi connectivity index (χ3n) is 3.13. The predicted molar refractivity (Wildman–Crippen MR) is 53.8 cm³/mol. The fourth-order valence-corrected chi connectivity index (χ4v) is 2.21. The number of methoxy groups -OCH3 is 1. The standard InChI is InChI=1S/C11H20O3/c1-8(11(13)14-2)7-9-5-3-4-6-10(9)12/h8-10,12H,3-7H2,1-2H3. The molecule has 0 amide bonds. The van der Waals surface area contributed by atoms with Crippen LogP contribution in [0.5, 0.6) is 0 Å². The van der Waals surface area contributed by atoms with Gasteiger partial charge in [-0.05, 0) is 25.2 Å². The lowest BCUT2D eigenvalue weighted by molar-refractivity contribution is -0.145. The van der Waals surface area contributed by atoms with Crippen molar-refractivity contribution >= 4 is 5.97 Å². The summed E-state index contributed by atoms with van der Waals surface area (Å²) in [5, 5.41) is 9.72. The number of ether oxygens (including phenoxy) is 1. The Morgan fingerprint density at radius 2 is 2.14 bits per heavy atom. The second-order valence-electron chi connectivity index (χ2n) is 4.27. The van der Waals surface area contributed by atoms with Gasteiger partial charge in [-0.3, -0.25) is 4.79 Å². The zero-order chi connectivity index (χ0) is 10.6. The number of hydrogen-bond acceptors (Lipinski definition) is 3. The Morgan fingerprint density at radius 3 is 2.71 bits per heavy atom. The van der Waals surface area contributed by atoms with Crippen LogP contribution in [0, 0.1) is 11.8 Å². The average Bonchev–Trinajstić information content (AvgIpc) is 2.20. The van der Waals surface area contributed by atoms with E-state index >= 15 is 0 Å². The first kappa shape index (κ1) is 11.5. The topological polar surface area (TPSA) is 46.5 Å². The molecule has 1 fully saturated rings. The maximum atomic E-state index is 11.2. The molecule has 0 aromatic rings. The summed E-state index contributed by atoms with van der Waals surface area (Å²) in [6.07, 6.45) is 4.77. The number of esters is 1. The molecule has 0 saturated heterocycles. The molecule has 0 aliphatic heterocycles. The van der Waals surface area contributed by atoms with Crippen LogP contribution in [0.15, 0.2) is 0 Å². The first-order chi connectivity index (χ1) is 6.65. The molecule has 0 spiro atoms. The van der Waals surface area contributed by atoms with Crippen LogP contribution >= 0.6 is 0 Å². The van der Waals surface area contributed by atoms with Crippen molar-refractivity contribution in [3.63, 3.8) is 0 Å². The summed E-state index contributed by atoms with van der Waals surface area (Å²) in [6, 6.07) is 0. The molecule has 82 valence electrons. The zero-order valence-electron chi connectivity index (χ0n) is 9.03. The number of carbonyl (C=O) groups excluding carboxylic acids is 1. The number of rotatable bonds is 3. The van der Waals surface area contributed by atoms with E-state index in [2.05, 4.69) is 4.74 Å². The molecule has 14 heavy (non-hydrogen) atoms. The fraction of sp³-hybridized carbons (Fsp3) is 0.909. The highest BCUT2D eigenvalue weighted by Crippen LogP contribution is 2.29. The number of carbonyl (C=O) groups is 1. The van der Waals surface area contributed by atoms with Gasteiger partial charge in [0.2, 0.25) is 0 Å². The van der Waals surface area contributed by atoms with Crippen LogP contribution < -0.4 is 0 Å². The summed E-state index contributed by atoms with van der Waals surface area (Å²) in [6.45, 7) is 1.87. The van der Waals surface area contributed by atoms with E-state index in [1.807, 2.05) is 6.92 Å². The number of aliphatic hydroxyl groups is 1. The van der Waals surface area contributed by atoms with Gasteiger partial charge in [0.25, 0.3) is 0 Å². The second-order valence-corrected chi connectivity index (χ2v) is 4.27. The molecule has 0 bridgehead atoms. The summed E-state index contributed by atoms with van der Waals surface area (Å²) in [7, 11) is 1.41. The van der Waals surface area contributed by atoms with Crippen molar-refractivity contribution in [1.29, 1.82) is 0 Å². The quantitative estimate of drug-likeness (QED) is 0.706. The van der Waals surface area contributed by atoms with E-state index in [-0.39, 0.29) is 23.9 Å². The SMILES string of the molecule is COC(=O)C(C)CC1CCCCC1O. The molecule has 1 aliphatic carbocycles. The van der Waals surface area contributed by atoms with Gasteiger partial charge >= 0.3 is 5.97 Å². The molecule has 3 heteroatoms.